The van der Waals surface area contributed by atoms with E-state index in [1.54, 1.807) is 0 Å². The van der Waals surface area contributed by atoms with Crippen molar-refractivity contribution in [2.24, 2.45) is 0 Å². The largest absolute Gasteiger partial charge is 0.338 e. The van der Waals surface area contributed by atoms with Crippen molar-refractivity contribution in [3.63, 3.8) is 0 Å². The van der Waals surface area contributed by atoms with E-state index in [-0.39, 0.29) is 11.5 Å². The minimum atomic E-state index is -0.139. The van der Waals surface area contributed by atoms with Crippen LogP contribution in [-0.2, 0) is 0 Å². The van der Waals surface area contributed by atoms with Gasteiger partial charge in [0.05, 0.1) is 11.9 Å². The van der Waals surface area contributed by atoms with Gasteiger partial charge in [-0.15, -0.1) is 0 Å². The number of fused-ring (bicyclic) bond motifs is 1. The van der Waals surface area contributed by atoms with Gasteiger partial charge in [-0.3, -0.25) is 4.79 Å². The van der Waals surface area contributed by atoms with Crippen molar-refractivity contribution in [3.05, 3.63) is 39.4 Å². The molecule has 0 atom stereocenters. The Morgan fingerprint density at radius 1 is 1.45 bits per heavy atom. The number of likely N-dealkylation sites (N-methyl/N-ethyl adjacent to an activating group) is 1. The Hall–Kier alpha value is -2.39. The molecular weight excluding hydrogens is 278 g/mol. The van der Waals surface area contributed by atoms with E-state index in [4.69, 9.17) is 0 Å². The van der Waals surface area contributed by atoms with Gasteiger partial charge in [0.25, 0.3) is 5.56 Å². The fourth-order valence-electron chi connectivity index (χ4n) is 2.90. The van der Waals surface area contributed by atoms with Crippen LogP contribution in [0.5, 0.6) is 0 Å². The predicted molar refractivity (Wildman–Crippen MR) is 84.7 cm³/mol. The van der Waals surface area contributed by atoms with Crippen LogP contribution >= 0.6 is 0 Å². The molecular formula is C16H19N5O. The third kappa shape index (κ3) is 2.24. The maximum atomic E-state index is 12.8. The first-order chi connectivity index (χ1) is 10.5. The molecule has 114 valence electrons. The Bertz CT molecular complexity index is 850. The van der Waals surface area contributed by atoms with E-state index >= 15 is 0 Å². The molecule has 6 heteroatoms. The van der Waals surface area contributed by atoms with E-state index in [2.05, 4.69) is 34.2 Å². The number of hydrogen-bond donors (Lipinski definition) is 1. The quantitative estimate of drug-likeness (QED) is 0.916. The lowest BCUT2D eigenvalue weighted by Gasteiger charge is -2.24. The van der Waals surface area contributed by atoms with E-state index in [1.807, 2.05) is 13.8 Å². The summed E-state index contributed by atoms with van der Waals surface area (Å²) in [4.78, 5) is 18.3. The highest BCUT2D eigenvalue weighted by Gasteiger charge is 2.21. The van der Waals surface area contributed by atoms with Gasteiger partial charge in [0.15, 0.2) is 5.65 Å². The number of nitrogens with zero attached hydrogens (tertiary/aromatic N) is 4. The second-order valence-electron chi connectivity index (χ2n) is 6.05. The van der Waals surface area contributed by atoms with Crippen molar-refractivity contribution in [1.82, 2.24) is 19.5 Å². The molecule has 0 radical (unpaired) electrons. The Kier molecular flexibility index (Phi) is 3.59. The van der Waals surface area contributed by atoms with Gasteiger partial charge < -0.3 is 9.88 Å². The van der Waals surface area contributed by atoms with Gasteiger partial charge in [0.1, 0.15) is 11.6 Å². The number of hydrogen-bond acceptors (Lipinski definition) is 4. The summed E-state index contributed by atoms with van der Waals surface area (Å²) in [6.45, 7) is 5.83. The predicted octanol–water partition coefficient (Wildman–Crippen LogP) is 1.74. The maximum absolute atomic E-state index is 12.8. The highest BCUT2D eigenvalue weighted by Crippen LogP contribution is 2.26. The topological polar surface area (TPSA) is 77.2 Å². The van der Waals surface area contributed by atoms with E-state index < -0.39 is 0 Å². The fraction of sp³-hybridized carbons (Fsp3) is 0.438. The molecule has 0 aromatic carbocycles. The standard InChI is InChI=1S/C16H19N5O/c1-10(2)13-14(11-4-6-20(3)7-5-11)19-15-12(8-17)9-18-21(15)16(13)22/h4,9-10,19H,5-7H2,1-3H3. The molecule has 2 aromatic heterocycles. The molecule has 22 heavy (non-hydrogen) atoms. The molecule has 1 N–H and O–H groups in total. The van der Waals surface area contributed by atoms with Crippen molar-refractivity contribution in [3.8, 4) is 6.07 Å². The molecule has 1 aliphatic rings. The second kappa shape index (κ2) is 5.43. The van der Waals surface area contributed by atoms with Crippen LogP contribution in [0.4, 0.5) is 0 Å². The van der Waals surface area contributed by atoms with Crippen molar-refractivity contribution >= 4 is 11.2 Å². The van der Waals surface area contributed by atoms with Gasteiger partial charge in [-0.2, -0.15) is 14.9 Å². The summed E-state index contributed by atoms with van der Waals surface area (Å²) in [5.41, 5.74) is 3.47. The van der Waals surface area contributed by atoms with Crippen LogP contribution in [0.1, 0.15) is 43.0 Å². The van der Waals surface area contributed by atoms with Crippen LogP contribution in [0.25, 0.3) is 11.2 Å². The van der Waals surface area contributed by atoms with Crippen molar-refractivity contribution < 1.29 is 0 Å². The summed E-state index contributed by atoms with van der Waals surface area (Å²) in [6, 6.07) is 2.08. The molecule has 6 nitrogen and oxygen atoms in total. The molecule has 0 spiro atoms. The number of H-pyrrole nitrogens is 1. The summed E-state index contributed by atoms with van der Waals surface area (Å²) in [5, 5.41) is 13.2. The van der Waals surface area contributed by atoms with Crippen LogP contribution < -0.4 is 5.56 Å². The SMILES string of the molecule is CC(C)c1c(C2=CCN(C)CC2)[nH]c2c(C#N)cnn2c1=O. The number of nitriles is 1. The zero-order chi connectivity index (χ0) is 15.9. The maximum Gasteiger partial charge on any atom is 0.278 e. The van der Waals surface area contributed by atoms with Crippen molar-refractivity contribution in [2.45, 2.75) is 26.2 Å². The average molecular weight is 297 g/mol. The molecule has 0 aliphatic carbocycles. The highest BCUT2D eigenvalue weighted by atomic mass is 16.1. The summed E-state index contributed by atoms with van der Waals surface area (Å²) in [6.07, 6.45) is 4.47. The summed E-state index contributed by atoms with van der Waals surface area (Å²) >= 11 is 0. The monoisotopic (exact) mass is 297 g/mol. The average Bonchev–Trinajstić information content (AvgIpc) is 2.90. The first-order valence-electron chi connectivity index (χ1n) is 7.45. The van der Waals surface area contributed by atoms with E-state index in [9.17, 15) is 10.1 Å². The summed E-state index contributed by atoms with van der Waals surface area (Å²) in [7, 11) is 2.08. The minimum Gasteiger partial charge on any atom is -0.338 e. The van der Waals surface area contributed by atoms with Crippen LogP contribution in [0.2, 0.25) is 0 Å². The molecule has 0 unspecified atom stereocenters. The molecule has 1 aliphatic heterocycles. The normalized spacial score (nSPS) is 16.0. The number of nitrogens with one attached hydrogen (secondary N) is 1. The minimum absolute atomic E-state index is 0.0819. The van der Waals surface area contributed by atoms with Gasteiger partial charge in [-0.1, -0.05) is 19.9 Å². The number of aromatic nitrogens is 3. The number of rotatable bonds is 2. The van der Waals surface area contributed by atoms with Crippen LogP contribution in [0.3, 0.4) is 0 Å². The van der Waals surface area contributed by atoms with E-state index in [0.29, 0.717) is 11.2 Å². The molecule has 0 saturated heterocycles. The zero-order valence-corrected chi connectivity index (χ0v) is 13.1. The second-order valence-corrected chi connectivity index (χ2v) is 6.05. The first-order valence-corrected chi connectivity index (χ1v) is 7.45. The Morgan fingerprint density at radius 2 is 2.23 bits per heavy atom. The lowest BCUT2D eigenvalue weighted by Crippen LogP contribution is -2.27. The zero-order valence-electron chi connectivity index (χ0n) is 13.1. The van der Waals surface area contributed by atoms with Gasteiger partial charge >= 0.3 is 0 Å². The third-order valence-corrected chi connectivity index (χ3v) is 4.14. The summed E-state index contributed by atoms with van der Waals surface area (Å²) < 4.78 is 1.30. The molecule has 2 aromatic rings. The fourth-order valence-corrected chi connectivity index (χ4v) is 2.90. The lowest BCUT2D eigenvalue weighted by molar-refractivity contribution is 0.369. The van der Waals surface area contributed by atoms with Crippen LogP contribution in [0, 0.1) is 11.3 Å². The lowest BCUT2D eigenvalue weighted by atomic mass is 9.95. The molecule has 0 bridgehead atoms. The Morgan fingerprint density at radius 3 is 2.82 bits per heavy atom. The third-order valence-electron chi connectivity index (χ3n) is 4.14. The van der Waals surface area contributed by atoms with Crippen LogP contribution in [-0.4, -0.2) is 39.6 Å². The van der Waals surface area contributed by atoms with Gasteiger partial charge in [-0.05, 0) is 25.0 Å². The number of aromatic amines is 1. The van der Waals surface area contributed by atoms with Crippen molar-refractivity contribution in [1.29, 1.82) is 5.26 Å². The highest BCUT2D eigenvalue weighted by molar-refractivity contribution is 5.69. The van der Waals surface area contributed by atoms with E-state index in [0.717, 1.165) is 36.3 Å². The van der Waals surface area contributed by atoms with Gasteiger partial charge in [0, 0.05) is 18.7 Å². The van der Waals surface area contributed by atoms with Gasteiger partial charge in [-0.25, -0.2) is 0 Å². The molecule has 0 amide bonds. The summed E-state index contributed by atoms with van der Waals surface area (Å²) in [5.74, 6) is 0.0819. The smallest absolute Gasteiger partial charge is 0.278 e. The Balaban J connectivity index is 2.30. The van der Waals surface area contributed by atoms with E-state index in [1.165, 1.54) is 10.7 Å². The van der Waals surface area contributed by atoms with Crippen LogP contribution in [0.15, 0.2) is 17.1 Å². The molecule has 0 saturated carbocycles. The van der Waals surface area contributed by atoms with Crippen molar-refractivity contribution in [2.75, 3.05) is 20.1 Å². The first kappa shape index (κ1) is 14.5. The van der Waals surface area contributed by atoms with Gasteiger partial charge in [0.2, 0.25) is 0 Å². The Labute approximate surface area is 128 Å². The molecule has 3 heterocycles. The molecule has 0 fully saturated rings. The molecule has 3 rings (SSSR count).